The van der Waals surface area contributed by atoms with Crippen LogP contribution in [0.4, 0.5) is 5.69 Å². The Balaban J connectivity index is 2.01. The topological polar surface area (TPSA) is 118 Å². The number of pyridine rings is 1. The van der Waals surface area contributed by atoms with Gasteiger partial charge in [0, 0.05) is 21.2 Å². The second kappa shape index (κ2) is 9.69. The fraction of sp³-hybridized carbons (Fsp3) is 0. The van der Waals surface area contributed by atoms with E-state index in [2.05, 4.69) is 74.0 Å². The zero-order valence-electron chi connectivity index (χ0n) is 14.6. The van der Waals surface area contributed by atoms with Gasteiger partial charge in [0.15, 0.2) is 5.82 Å². The molecule has 0 unspecified atom stereocenters. The Hall–Kier alpha value is -2.28. The Morgan fingerprint density at radius 1 is 1.13 bits per heavy atom. The van der Waals surface area contributed by atoms with Crippen molar-refractivity contribution >= 4 is 83.3 Å². The van der Waals surface area contributed by atoms with Crippen molar-refractivity contribution in [2.75, 3.05) is 5.32 Å². The summed E-state index contributed by atoms with van der Waals surface area (Å²) in [6.07, 6.45) is 1.84. The van der Waals surface area contributed by atoms with Gasteiger partial charge in [0.2, 0.25) is 6.41 Å². The molecule has 0 bridgehead atoms. The number of hydrogen-bond acceptors (Lipinski definition) is 5. The number of nitrogens with zero attached hydrogens (tertiary/aromatic N) is 3. The highest BCUT2D eigenvalue weighted by molar-refractivity contribution is 9.11. The van der Waals surface area contributed by atoms with Gasteiger partial charge in [-0.3, -0.25) is 25.2 Å². The summed E-state index contributed by atoms with van der Waals surface area (Å²) in [4.78, 5) is 40.1. The van der Waals surface area contributed by atoms with Crippen molar-refractivity contribution in [1.82, 2.24) is 25.6 Å². The van der Waals surface area contributed by atoms with Crippen LogP contribution in [0.25, 0.3) is 5.82 Å². The molecule has 13 heteroatoms. The minimum absolute atomic E-state index is 0.0972. The summed E-state index contributed by atoms with van der Waals surface area (Å²) in [6.45, 7) is 0. The lowest BCUT2D eigenvalue weighted by molar-refractivity contribution is -0.110. The lowest BCUT2D eigenvalue weighted by Crippen LogP contribution is -2.36. The van der Waals surface area contributed by atoms with E-state index < -0.39 is 11.8 Å². The third kappa shape index (κ3) is 4.89. The van der Waals surface area contributed by atoms with Gasteiger partial charge in [-0.2, -0.15) is 5.10 Å². The number of carbonyl (C=O) groups excluding carboxylic acids is 3. The molecule has 0 saturated carbocycles. The Morgan fingerprint density at radius 2 is 1.90 bits per heavy atom. The Kier molecular flexibility index (Phi) is 7.23. The van der Waals surface area contributed by atoms with Crippen molar-refractivity contribution in [1.29, 1.82) is 0 Å². The van der Waals surface area contributed by atoms with Crippen molar-refractivity contribution in [3.05, 3.63) is 66.4 Å². The van der Waals surface area contributed by atoms with Gasteiger partial charge in [0.05, 0.1) is 16.3 Å². The highest BCUT2D eigenvalue weighted by Gasteiger charge is 2.22. The van der Waals surface area contributed by atoms with Crippen molar-refractivity contribution < 1.29 is 14.4 Å². The maximum absolute atomic E-state index is 13.1. The number of anilines is 1. The van der Waals surface area contributed by atoms with E-state index in [0.717, 1.165) is 0 Å². The van der Waals surface area contributed by atoms with Crippen LogP contribution in [0, 0.1) is 0 Å². The molecule has 3 aromatic rings. The zero-order chi connectivity index (χ0) is 21.8. The SMILES string of the molecule is O=CNNC(=O)c1cc(Br)cc(Br)c1NC(=O)c1cc(Br)nn1-c1ncccc1Cl. The first-order valence-electron chi connectivity index (χ1n) is 7.98. The molecule has 0 aliphatic carbocycles. The smallest absolute Gasteiger partial charge is 0.274 e. The second-order valence-electron chi connectivity index (χ2n) is 5.55. The number of hydrogen-bond donors (Lipinski definition) is 3. The quantitative estimate of drug-likeness (QED) is 0.286. The van der Waals surface area contributed by atoms with Gasteiger partial charge in [-0.25, -0.2) is 9.67 Å². The molecule has 0 aliphatic heterocycles. The van der Waals surface area contributed by atoms with Crippen LogP contribution in [0.3, 0.4) is 0 Å². The minimum atomic E-state index is -0.637. The van der Waals surface area contributed by atoms with Gasteiger partial charge in [-0.1, -0.05) is 27.5 Å². The molecule has 3 rings (SSSR count). The van der Waals surface area contributed by atoms with E-state index in [4.69, 9.17) is 11.6 Å². The molecule has 0 aliphatic rings. The number of benzene rings is 1. The highest BCUT2D eigenvalue weighted by Crippen LogP contribution is 2.32. The van der Waals surface area contributed by atoms with Crippen molar-refractivity contribution in [2.24, 2.45) is 0 Å². The largest absolute Gasteiger partial charge is 0.319 e. The molecular weight excluding hydrogens is 611 g/mol. The molecule has 154 valence electrons. The van der Waals surface area contributed by atoms with E-state index in [0.29, 0.717) is 25.0 Å². The second-order valence-corrected chi connectivity index (χ2v) is 8.54. The molecule has 0 atom stereocenters. The van der Waals surface area contributed by atoms with E-state index in [1.807, 2.05) is 0 Å². The summed E-state index contributed by atoms with van der Waals surface area (Å²) < 4.78 is 2.68. The molecule has 0 fully saturated rings. The van der Waals surface area contributed by atoms with Crippen LogP contribution in [0.5, 0.6) is 0 Å². The molecule has 2 heterocycles. The van der Waals surface area contributed by atoms with Gasteiger partial charge in [-0.15, -0.1) is 0 Å². The van der Waals surface area contributed by atoms with Gasteiger partial charge in [0.1, 0.15) is 10.3 Å². The van der Waals surface area contributed by atoms with Crippen molar-refractivity contribution in [3.63, 3.8) is 0 Å². The fourth-order valence-corrected chi connectivity index (χ4v) is 4.33. The minimum Gasteiger partial charge on any atom is -0.319 e. The number of hydrazine groups is 1. The number of carbonyl (C=O) groups is 3. The summed E-state index contributed by atoms with van der Waals surface area (Å²) >= 11 is 16.1. The van der Waals surface area contributed by atoms with E-state index >= 15 is 0 Å². The van der Waals surface area contributed by atoms with Crippen LogP contribution in [0.15, 0.2) is 50.1 Å². The third-order valence-electron chi connectivity index (χ3n) is 3.63. The monoisotopic (exact) mass is 618 g/mol. The number of nitrogens with one attached hydrogen (secondary N) is 3. The number of halogens is 4. The zero-order valence-corrected chi connectivity index (χ0v) is 20.1. The first-order valence-corrected chi connectivity index (χ1v) is 10.7. The number of rotatable bonds is 6. The summed E-state index contributed by atoms with van der Waals surface area (Å²) in [6, 6.07) is 7.91. The molecule has 1 aromatic carbocycles. The van der Waals surface area contributed by atoms with Gasteiger partial charge >= 0.3 is 0 Å². The van der Waals surface area contributed by atoms with Crippen LogP contribution >= 0.6 is 59.4 Å². The summed E-state index contributed by atoms with van der Waals surface area (Å²) in [5.74, 6) is -0.949. The van der Waals surface area contributed by atoms with Gasteiger partial charge in [0.25, 0.3) is 11.8 Å². The van der Waals surface area contributed by atoms with Crippen molar-refractivity contribution in [3.8, 4) is 5.82 Å². The van der Waals surface area contributed by atoms with Crippen LogP contribution in [-0.4, -0.2) is 33.0 Å². The predicted molar refractivity (Wildman–Crippen MR) is 121 cm³/mol. The average Bonchev–Trinajstić information content (AvgIpc) is 3.09. The van der Waals surface area contributed by atoms with Crippen LogP contribution in [-0.2, 0) is 4.79 Å². The van der Waals surface area contributed by atoms with E-state index in [9.17, 15) is 14.4 Å². The first kappa shape index (κ1) is 22.4. The third-order valence-corrected chi connectivity index (χ3v) is 5.40. The molecule has 9 nitrogen and oxygen atoms in total. The molecule has 30 heavy (non-hydrogen) atoms. The molecule has 0 radical (unpaired) electrons. The van der Waals surface area contributed by atoms with E-state index in [1.165, 1.54) is 23.0 Å². The first-order chi connectivity index (χ1) is 14.3. The van der Waals surface area contributed by atoms with E-state index in [1.54, 1.807) is 18.2 Å². The molecular formula is C17H10Br3ClN6O3. The summed E-state index contributed by atoms with van der Waals surface area (Å²) in [5.41, 5.74) is 4.68. The summed E-state index contributed by atoms with van der Waals surface area (Å²) in [7, 11) is 0. The lowest BCUT2D eigenvalue weighted by atomic mass is 10.1. The van der Waals surface area contributed by atoms with Crippen LogP contribution < -0.4 is 16.2 Å². The Labute approximate surface area is 199 Å². The summed E-state index contributed by atoms with van der Waals surface area (Å²) in [5, 5.41) is 7.20. The standard InChI is InChI=1S/C17H10Br3ClN6O3/c18-8-4-9(16(29)25-23-7-28)14(10(19)5-8)24-17(30)12-6-13(20)26-27(12)15-11(21)2-1-3-22-15/h1-7H,(H,23,28)(H,24,30)(H,25,29). The average molecular weight is 621 g/mol. The molecule has 0 spiro atoms. The molecule has 2 aromatic heterocycles. The molecule has 3 N–H and O–H groups in total. The van der Waals surface area contributed by atoms with E-state index in [-0.39, 0.29) is 22.8 Å². The van der Waals surface area contributed by atoms with Crippen LogP contribution in [0.1, 0.15) is 20.8 Å². The normalized spacial score (nSPS) is 10.4. The number of amides is 3. The van der Waals surface area contributed by atoms with Gasteiger partial charge < -0.3 is 5.32 Å². The maximum Gasteiger partial charge on any atom is 0.274 e. The number of aromatic nitrogens is 3. The predicted octanol–water partition coefficient (Wildman–Crippen LogP) is 3.85. The van der Waals surface area contributed by atoms with Crippen molar-refractivity contribution in [2.45, 2.75) is 0 Å². The molecule has 0 saturated heterocycles. The lowest BCUT2D eigenvalue weighted by Gasteiger charge is -2.14. The van der Waals surface area contributed by atoms with Gasteiger partial charge in [-0.05, 0) is 56.1 Å². The fourth-order valence-electron chi connectivity index (χ4n) is 2.43. The maximum atomic E-state index is 13.1. The van der Waals surface area contributed by atoms with Crippen LogP contribution in [0.2, 0.25) is 5.02 Å². The molecule has 3 amide bonds. The highest BCUT2D eigenvalue weighted by atomic mass is 79.9. The Bertz CT molecular complexity index is 1150. The Morgan fingerprint density at radius 3 is 2.60 bits per heavy atom.